The van der Waals surface area contributed by atoms with Crippen LogP contribution in [0.3, 0.4) is 0 Å². The molecule has 0 aromatic heterocycles. The van der Waals surface area contributed by atoms with Gasteiger partial charge >= 0.3 is 0 Å². The van der Waals surface area contributed by atoms with Crippen LogP contribution in [0.5, 0.6) is 0 Å². The van der Waals surface area contributed by atoms with E-state index in [1.165, 1.54) is 128 Å². The minimum absolute atomic E-state index is 1.19. The highest BCUT2D eigenvalue weighted by atomic mass is 13.9. The first kappa shape index (κ1) is 32.1. The van der Waals surface area contributed by atoms with Gasteiger partial charge in [-0.1, -0.05) is 102 Å². The maximum Gasteiger partial charge on any atom is -0.0351 e. The third-order valence-electron chi connectivity index (χ3n) is 5.44. The van der Waals surface area contributed by atoms with E-state index >= 15 is 0 Å². The molecule has 0 aromatic rings. The number of unbranched alkanes of at least 4 members (excludes halogenated alkanes) is 12. The first-order valence-corrected chi connectivity index (χ1v) is 13.9. The third kappa shape index (κ3) is 36.7. The average molecular weight is 431 g/mol. The quantitative estimate of drug-likeness (QED) is 0.159. The lowest BCUT2D eigenvalue weighted by Gasteiger charge is -1.97. The fraction of sp³-hybridized carbons (Fsp3) is 0.742. The fourth-order valence-corrected chi connectivity index (χ4v) is 3.32. The van der Waals surface area contributed by atoms with Crippen molar-refractivity contribution in [2.24, 2.45) is 0 Å². The Bertz CT molecular complexity index is 355. The molecule has 0 radical (unpaired) electrons. The largest absolute Gasteiger partial charge is 0.103 e. The molecule has 0 nitrogen and oxygen atoms in total. The summed E-state index contributed by atoms with van der Waals surface area (Å²) in [7, 11) is 0. The monoisotopic (exact) mass is 430 g/mol. The Balaban J connectivity index is 0. The lowest BCUT2D eigenvalue weighted by molar-refractivity contribution is 0.719. The van der Waals surface area contributed by atoms with Crippen LogP contribution in [0.2, 0.25) is 0 Å². The van der Waals surface area contributed by atoms with Crippen molar-refractivity contribution >= 4 is 0 Å². The van der Waals surface area contributed by atoms with Crippen molar-refractivity contribution in [2.45, 2.75) is 149 Å². The van der Waals surface area contributed by atoms with Crippen LogP contribution >= 0.6 is 0 Å². The molecule has 0 saturated heterocycles. The summed E-state index contributed by atoms with van der Waals surface area (Å²) in [6, 6.07) is 0. The van der Waals surface area contributed by atoms with Crippen LogP contribution in [0.4, 0.5) is 0 Å². The molecule has 0 aliphatic heterocycles. The summed E-state index contributed by atoms with van der Waals surface area (Å²) in [5, 5.41) is 0. The van der Waals surface area contributed by atoms with E-state index in [1.54, 1.807) is 0 Å². The SMILES string of the molecule is C1=CCCCC1.C=CCCCCC.CCCCC/C=C/CCCC/C=C/CCCCC. The van der Waals surface area contributed by atoms with Gasteiger partial charge < -0.3 is 0 Å². The molecule has 0 N–H and O–H groups in total. The standard InChI is InChI=1S/C18H34.C7H14.C6H10/c1-3-5-7-9-11-13-15-17-18-16-14-12-10-8-6-4-2;1-3-5-7-6-4-2;1-2-4-6-5-3-1/h11-14H,3-10,15-18H2,1-2H3;3H,1,4-7H2,2H3;1-2H,3-6H2/b13-11+,14-12+;;. The molecule has 1 aliphatic rings. The predicted octanol–water partition coefficient (Wildman–Crippen LogP) is 11.7. The molecule has 182 valence electrons. The van der Waals surface area contributed by atoms with Gasteiger partial charge in [-0.2, -0.15) is 0 Å². The fourth-order valence-electron chi connectivity index (χ4n) is 3.32. The van der Waals surface area contributed by atoms with Gasteiger partial charge in [0.1, 0.15) is 0 Å². The van der Waals surface area contributed by atoms with Gasteiger partial charge in [0.25, 0.3) is 0 Å². The molecule has 0 heterocycles. The van der Waals surface area contributed by atoms with E-state index in [0.717, 1.165) is 0 Å². The van der Waals surface area contributed by atoms with Crippen LogP contribution in [-0.2, 0) is 0 Å². The van der Waals surface area contributed by atoms with E-state index in [1.807, 2.05) is 6.08 Å². The zero-order valence-corrected chi connectivity index (χ0v) is 21.9. The minimum Gasteiger partial charge on any atom is -0.103 e. The van der Waals surface area contributed by atoms with Gasteiger partial charge in [0.05, 0.1) is 0 Å². The predicted molar refractivity (Wildman–Crippen MR) is 147 cm³/mol. The maximum atomic E-state index is 3.63. The Morgan fingerprint density at radius 1 is 0.516 bits per heavy atom. The van der Waals surface area contributed by atoms with Crippen molar-refractivity contribution in [3.63, 3.8) is 0 Å². The first-order valence-electron chi connectivity index (χ1n) is 13.9. The highest BCUT2D eigenvalue weighted by Gasteiger charge is 1.87. The summed E-state index contributed by atoms with van der Waals surface area (Å²) in [6.07, 6.45) is 42.6. The lowest BCUT2D eigenvalue weighted by atomic mass is 10.1. The molecule has 0 unspecified atom stereocenters. The van der Waals surface area contributed by atoms with E-state index in [-0.39, 0.29) is 0 Å². The molecule has 1 aliphatic carbocycles. The van der Waals surface area contributed by atoms with E-state index in [4.69, 9.17) is 0 Å². The molecule has 0 atom stereocenters. The molecule has 0 bridgehead atoms. The lowest BCUT2D eigenvalue weighted by Crippen LogP contribution is -1.77. The average Bonchev–Trinajstić information content (AvgIpc) is 2.82. The van der Waals surface area contributed by atoms with Crippen molar-refractivity contribution in [3.8, 4) is 0 Å². The van der Waals surface area contributed by atoms with Gasteiger partial charge in [-0.25, -0.2) is 0 Å². The van der Waals surface area contributed by atoms with Crippen LogP contribution in [0.25, 0.3) is 0 Å². The summed E-state index contributed by atoms with van der Waals surface area (Å²) in [6.45, 7) is 10.4. The Hall–Kier alpha value is -1.04. The van der Waals surface area contributed by atoms with Crippen molar-refractivity contribution in [2.75, 3.05) is 0 Å². The molecule has 1 rings (SSSR count). The smallest absolute Gasteiger partial charge is 0.0351 e. The Labute approximate surface area is 198 Å². The summed E-state index contributed by atoms with van der Waals surface area (Å²) < 4.78 is 0. The molecule has 0 aromatic carbocycles. The highest BCUT2D eigenvalue weighted by Crippen LogP contribution is 2.07. The second-order valence-corrected chi connectivity index (χ2v) is 8.76. The number of hydrogen-bond acceptors (Lipinski definition) is 0. The van der Waals surface area contributed by atoms with Crippen LogP contribution in [0.1, 0.15) is 149 Å². The van der Waals surface area contributed by atoms with Gasteiger partial charge in [-0.3, -0.25) is 0 Å². The normalized spacial score (nSPS) is 13.0. The Morgan fingerprint density at radius 3 is 1.10 bits per heavy atom. The first-order chi connectivity index (χ1) is 15.3. The highest BCUT2D eigenvalue weighted by molar-refractivity contribution is 4.85. The van der Waals surface area contributed by atoms with E-state index in [2.05, 4.69) is 63.8 Å². The van der Waals surface area contributed by atoms with Gasteiger partial charge in [0.15, 0.2) is 0 Å². The van der Waals surface area contributed by atoms with Crippen molar-refractivity contribution in [1.82, 2.24) is 0 Å². The zero-order chi connectivity index (χ0) is 23.1. The second kappa shape index (κ2) is 33.6. The Morgan fingerprint density at radius 2 is 0.839 bits per heavy atom. The van der Waals surface area contributed by atoms with Crippen LogP contribution in [0.15, 0.2) is 49.1 Å². The summed E-state index contributed by atoms with van der Waals surface area (Å²) in [5.41, 5.74) is 0. The molecule has 0 saturated carbocycles. The van der Waals surface area contributed by atoms with E-state index in [9.17, 15) is 0 Å². The van der Waals surface area contributed by atoms with Crippen LogP contribution in [-0.4, -0.2) is 0 Å². The summed E-state index contributed by atoms with van der Waals surface area (Å²) in [4.78, 5) is 0. The van der Waals surface area contributed by atoms with Crippen molar-refractivity contribution in [1.29, 1.82) is 0 Å². The van der Waals surface area contributed by atoms with E-state index < -0.39 is 0 Å². The Kier molecular flexibility index (Phi) is 34.8. The molecular weight excluding hydrogens is 372 g/mol. The van der Waals surface area contributed by atoms with Crippen molar-refractivity contribution in [3.05, 3.63) is 49.1 Å². The molecule has 31 heavy (non-hydrogen) atoms. The molecule has 0 amide bonds. The van der Waals surface area contributed by atoms with Gasteiger partial charge in [0.2, 0.25) is 0 Å². The number of rotatable bonds is 17. The third-order valence-corrected chi connectivity index (χ3v) is 5.44. The summed E-state index contributed by atoms with van der Waals surface area (Å²) >= 11 is 0. The van der Waals surface area contributed by atoms with Gasteiger partial charge in [0, 0.05) is 0 Å². The zero-order valence-electron chi connectivity index (χ0n) is 21.9. The number of hydrogen-bond donors (Lipinski definition) is 0. The second-order valence-electron chi connectivity index (χ2n) is 8.76. The molecule has 0 spiro atoms. The topological polar surface area (TPSA) is 0 Å². The number of allylic oxidation sites excluding steroid dienone is 7. The molecule has 0 fully saturated rings. The van der Waals surface area contributed by atoms with Crippen LogP contribution in [0, 0.1) is 0 Å². The van der Waals surface area contributed by atoms with Gasteiger partial charge in [-0.15, -0.1) is 6.58 Å². The minimum atomic E-state index is 1.19. The van der Waals surface area contributed by atoms with Crippen LogP contribution < -0.4 is 0 Å². The summed E-state index contributed by atoms with van der Waals surface area (Å²) in [5.74, 6) is 0. The molecular formula is C31H58. The van der Waals surface area contributed by atoms with Crippen molar-refractivity contribution < 1.29 is 0 Å². The molecule has 0 heteroatoms. The van der Waals surface area contributed by atoms with E-state index in [0.29, 0.717) is 0 Å². The maximum absolute atomic E-state index is 3.63. The van der Waals surface area contributed by atoms with Gasteiger partial charge in [-0.05, 0) is 89.9 Å².